The minimum absolute atomic E-state index is 0.382. The number of guanidine groups is 1. The van der Waals surface area contributed by atoms with Crippen LogP contribution >= 0.6 is 11.3 Å². The van der Waals surface area contributed by atoms with Crippen LogP contribution in [0.15, 0.2) is 72.1 Å². The summed E-state index contributed by atoms with van der Waals surface area (Å²) in [5, 5.41) is 22.4. The minimum atomic E-state index is -0.599. The van der Waals surface area contributed by atoms with Gasteiger partial charge in [0.1, 0.15) is 6.10 Å². The van der Waals surface area contributed by atoms with Crippen molar-refractivity contribution in [2.24, 2.45) is 4.99 Å². The van der Waals surface area contributed by atoms with E-state index >= 15 is 0 Å². The lowest BCUT2D eigenvalue weighted by molar-refractivity contribution is 0.184. The summed E-state index contributed by atoms with van der Waals surface area (Å²) in [4.78, 5) is 9.93. The van der Waals surface area contributed by atoms with Crippen molar-refractivity contribution in [3.63, 3.8) is 0 Å². The molecule has 0 fully saturated rings. The summed E-state index contributed by atoms with van der Waals surface area (Å²) in [5.41, 5.74) is 1.03. The zero-order valence-corrected chi connectivity index (χ0v) is 17.5. The maximum absolute atomic E-state index is 10.6. The van der Waals surface area contributed by atoms with Gasteiger partial charge in [-0.15, -0.1) is 11.3 Å². The molecule has 0 aliphatic rings. The highest BCUT2D eigenvalue weighted by Crippen LogP contribution is 2.29. The van der Waals surface area contributed by atoms with Crippen molar-refractivity contribution in [1.82, 2.24) is 25.4 Å². The summed E-state index contributed by atoms with van der Waals surface area (Å²) >= 11 is 1.62. The van der Waals surface area contributed by atoms with Crippen molar-refractivity contribution >= 4 is 27.4 Å². The molecule has 0 bridgehead atoms. The topological polar surface area (TPSA) is 87.4 Å². The highest BCUT2D eigenvalue weighted by atomic mass is 32.1. The fourth-order valence-corrected chi connectivity index (χ4v) is 4.11. The maximum atomic E-state index is 10.6. The normalized spacial score (nSPS) is 12.8. The standard InChI is InChI=1S/C22H24N6OS/c1-2-23-22(25-14-16-8-10-24-21(12-16)28-11-5-9-27-28)26-15-18(29)20-13-17-6-3-4-7-19(17)30-20/h3-13,18,29H,2,14-15H2,1H3,(H2,23,25,26). The monoisotopic (exact) mass is 420 g/mol. The summed E-state index contributed by atoms with van der Waals surface area (Å²) in [7, 11) is 0. The summed E-state index contributed by atoms with van der Waals surface area (Å²) in [5.74, 6) is 1.42. The van der Waals surface area contributed by atoms with E-state index in [1.807, 2.05) is 49.5 Å². The molecule has 3 aromatic heterocycles. The maximum Gasteiger partial charge on any atom is 0.191 e. The van der Waals surface area contributed by atoms with Crippen molar-refractivity contribution in [3.05, 3.63) is 77.6 Å². The Morgan fingerprint density at radius 2 is 2.07 bits per heavy atom. The summed E-state index contributed by atoms with van der Waals surface area (Å²) in [6.07, 6.45) is 4.74. The first-order chi connectivity index (χ1) is 14.7. The molecular formula is C22H24N6OS. The third-order valence-electron chi connectivity index (χ3n) is 4.55. The number of hydrogen-bond acceptors (Lipinski definition) is 5. The number of pyridine rings is 1. The molecule has 0 amide bonds. The van der Waals surface area contributed by atoms with Crippen LogP contribution in [-0.2, 0) is 6.54 Å². The van der Waals surface area contributed by atoms with E-state index in [4.69, 9.17) is 0 Å². The second-order valence-corrected chi connectivity index (χ2v) is 7.87. The van der Waals surface area contributed by atoms with Crippen molar-refractivity contribution in [2.75, 3.05) is 13.1 Å². The lowest BCUT2D eigenvalue weighted by atomic mass is 10.2. The van der Waals surface area contributed by atoms with Gasteiger partial charge in [-0.1, -0.05) is 18.2 Å². The lowest BCUT2D eigenvalue weighted by Gasteiger charge is -2.14. The van der Waals surface area contributed by atoms with E-state index in [1.165, 1.54) is 4.70 Å². The van der Waals surface area contributed by atoms with Gasteiger partial charge in [0.15, 0.2) is 11.8 Å². The van der Waals surface area contributed by atoms with Gasteiger partial charge in [-0.05, 0) is 48.2 Å². The first-order valence-electron chi connectivity index (χ1n) is 9.86. The van der Waals surface area contributed by atoms with Crippen LogP contribution in [0, 0.1) is 0 Å². The molecule has 3 heterocycles. The van der Waals surface area contributed by atoms with Gasteiger partial charge < -0.3 is 15.7 Å². The molecule has 0 spiro atoms. The Balaban J connectivity index is 1.40. The van der Waals surface area contributed by atoms with Gasteiger partial charge in [-0.25, -0.2) is 14.7 Å². The van der Waals surface area contributed by atoms with E-state index < -0.39 is 6.10 Å². The Morgan fingerprint density at radius 1 is 1.17 bits per heavy atom. The SMILES string of the molecule is CCNC(=NCc1ccnc(-n2cccn2)c1)NCC(O)c1cc2ccccc2s1. The van der Waals surface area contributed by atoms with Crippen LogP contribution in [0.3, 0.4) is 0 Å². The molecule has 4 aromatic rings. The van der Waals surface area contributed by atoms with E-state index in [2.05, 4.69) is 37.8 Å². The van der Waals surface area contributed by atoms with Crippen LogP contribution in [-0.4, -0.2) is 38.9 Å². The molecule has 1 aromatic carbocycles. The largest absolute Gasteiger partial charge is 0.386 e. The van der Waals surface area contributed by atoms with E-state index in [0.717, 1.165) is 28.2 Å². The predicted octanol–water partition coefficient (Wildman–Crippen LogP) is 3.27. The van der Waals surface area contributed by atoms with Gasteiger partial charge in [0, 0.05) is 41.3 Å². The van der Waals surface area contributed by atoms with Crippen LogP contribution in [0.5, 0.6) is 0 Å². The van der Waals surface area contributed by atoms with Crippen molar-refractivity contribution < 1.29 is 5.11 Å². The van der Waals surface area contributed by atoms with Gasteiger partial charge in [0.25, 0.3) is 0 Å². The number of nitrogens with one attached hydrogen (secondary N) is 2. The Labute approximate surface area is 179 Å². The molecule has 30 heavy (non-hydrogen) atoms. The smallest absolute Gasteiger partial charge is 0.191 e. The quantitative estimate of drug-likeness (QED) is 0.316. The van der Waals surface area contributed by atoms with Crippen LogP contribution < -0.4 is 10.6 Å². The Hall–Kier alpha value is -3.23. The minimum Gasteiger partial charge on any atom is -0.386 e. The number of nitrogens with zero attached hydrogens (tertiary/aromatic N) is 4. The van der Waals surface area contributed by atoms with E-state index in [0.29, 0.717) is 19.0 Å². The summed E-state index contributed by atoms with van der Waals surface area (Å²) in [6.45, 7) is 3.63. The Kier molecular flexibility index (Phi) is 6.36. The van der Waals surface area contributed by atoms with Gasteiger partial charge in [-0.3, -0.25) is 0 Å². The molecule has 1 atom stereocenters. The van der Waals surface area contributed by atoms with Gasteiger partial charge in [0.05, 0.1) is 6.54 Å². The van der Waals surface area contributed by atoms with Crippen molar-refractivity contribution in [1.29, 1.82) is 0 Å². The zero-order chi connectivity index (χ0) is 20.8. The number of aliphatic imine (C=N–C) groups is 1. The molecule has 1 unspecified atom stereocenters. The first-order valence-corrected chi connectivity index (χ1v) is 10.7. The Bertz CT molecular complexity index is 1090. The molecule has 0 aliphatic carbocycles. The molecule has 4 rings (SSSR count). The second kappa shape index (κ2) is 9.51. The zero-order valence-electron chi connectivity index (χ0n) is 16.7. The lowest BCUT2D eigenvalue weighted by Crippen LogP contribution is -2.39. The number of benzene rings is 1. The number of thiophene rings is 1. The van der Waals surface area contributed by atoms with Gasteiger partial charge in [0.2, 0.25) is 0 Å². The second-order valence-electron chi connectivity index (χ2n) is 6.75. The summed E-state index contributed by atoms with van der Waals surface area (Å²) in [6, 6.07) is 16.0. The molecule has 0 saturated carbocycles. The van der Waals surface area contributed by atoms with E-state index in [1.54, 1.807) is 28.4 Å². The van der Waals surface area contributed by atoms with E-state index in [-0.39, 0.29) is 0 Å². The number of aliphatic hydroxyl groups excluding tert-OH is 1. The van der Waals surface area contributed by atoms with Gasteiger partial charge in [-0.2, -0.15) is 5.10 Å². The van der Waals surface area contributed by atoms with Crippen LogP contribution in [0.2, 0.25) is 0 Å². The number of rotatable bonds is 7. The fourth-order valence-electron chi connectivity index (χ4n) is 3.06. The molecular weight excluding hydrogens is 396 g/mol. The van der Waals surface area contributed by atoms with Crippen LogP contribution in [0.4, 0.5) is 0 Å². The molecule has 3 N–H and O–H groups in total. The number of aromatic nitrogens is 3. The molecule has 0 aliphatic heterocycles. The molecule has 0 saturated heterocycles. The van der Waals surface area contributed by atoms with Crippen LogP contribution in [0.1, 0.15) is 23.5 Å². The van der Waals surface area contributed by atoms with E-state index in [9.17, 15) is 5.11 Å². The third-order valence-corrected chi connectivity index (χ3v) is 5.77. The van der Waals surface area contributed by atoms with Gasteiger partial charge >= 0.3 is 0 Å². The average Bonchev–Trinajstić information content (AvgIpc) is 3.46. The van der Waals surface area contributed by atoms with Crippen molar-refractivity contribution in [2.45, 2.75) is 19.6 Å². The average molecular weight is 421 g/mol. The molecule has 154 valence electrons. The predicted molar refractivity (Wildman–Crippen MR) is 121 cm³/mol. The number of fused-ring (bicyclic) bond motifs is 1. The molecule has 0 radical (unpaired) electrons. The highest BCUT2D eigenvalue weighted by molar-refractivity contribution is 7.19. The number of aliphatic hydroxyl groups is 1. The molecule has 7 nitrogen and oxygen atoms in total. The van der Waals surface area contributed by atoms with Crippen LogP contribution in [0.25, 0.3) is 15.9 Å². The highest BCUT2D eigenvalue weighted by Gasteiger charge is 2.12. The molecule has 8 heteroatoms. The first kappa shape index (κ1) is 20.1. The van der Waals surface area contributed by atoms with Crippen molar-refractivity contribution in [3.8, 4) is 5.82 Å². The third kappa shape index (κ3) is 4.84. The number of hydrogen-bond donors (Lipinski definition) is 3. The fraction of sp³-hybridized carbons (Fsp3) is 0.227. The summed E-state index contributed by atoms with van der Waals surface area (Å²) < 4.78 is 2.90. The Morgan fingerprint density at radius 3 is 2.87 bits per heavy atom.